The number of unbranched alkanes of at least 4 members (excludes halogenated alkanes) is 1. The first kappa shape index (κ1) is 17.7. The molecular formula is C19H24N6O. The first-order chi connectivity index (χ1) is 12.9. The number of nitrogens with one attached hydrogen (secondary N) is 2. The van der Waals surface area contributed by atoms with Crippen LogP contribution >= 0.6 is 0 Å². The van der Waals surface area contributed by atoms with Gasteiger partial charge in [0.2, 0.25) is 0 Å². The first-order valence-electron chi connectivity index (χ1n) is 8.78. The molecule has 0 aliphatic heterocycles. The highest BCUT2D eigenvalue weighted by Crippen LogP contribution is 2.08. The number of fused-ring (bicyclic) bond motifs is 1. The van der Waals surface area contributed by atoms with Gasteiger partial charge in [0.25, 0.3) is 0 Å². The molecule has 3 aromatic rings. The summed E-state index contributed by atoms with van der Waals surface area (Å²) in [6, 6.07) is 15.7. The summed E-state index contributed by atoms with van der Waals surface area (Å²) in [5.41, 5.74) is 0.839. The molecule has 1 aromatic carbocycles. The number of benzene rings is 1. The number of pyridine rings is 1. The number of hydrogen-bond acceptors (Lipinski definition) is 4. The van der Waals surface area contributed by atoms with E-state index in [1.54, 1.807) is 7.05 Å². The van der Waals surface area contributed by atoms with Crippen LogP contribution in [0.15, 0.2) is 59.7 Å². The molecule has 2 heterocycles. The van der Waals surface area contributed by atoms with Crippen molar-refractivity contribution in [1.29, 1.82) is 0 Å². The van der Waals surface area contributed by atoms with Gasteiger partial charge in [-0.2, -0.15) is 0 Å². The molecule has 2 N–H and O–H groups in total. The van der Waals surface area contributed by atoms with Crippen LogP contribution in [0.25, 0.3) is 5.65 Å². The highest BCUT2D eigenvalue weighted by molar-refractivity contribution is 5.79. The maximum atomic E-state index is 5.69. The maximum Gasteiger partial charge on any atom is 0.191 e. The number of para-hydroxylation sites is 1. The van der Waals surface area contributed by atoms with E-state index in [9.17, 15) is 0 Å². The lowest BCUT2D eigenvalue weighted by atomic mass is 10.3. The molecule has 26 heavy (non-hydrogen) atoms. The van der Waals surface area contributed by atoms with Crippen molar-refractivity contribution < 1.29 is 4.74 Å². The van der Waals surface area contributed by atoms with Crippen LogP contribution in [-0.2, 0) is 6.54 Å². The molecule has 0 saturated carbocycles. The second-order valence-corrected chi connectivity index (χ2v) is 5.77. The Balaban J connectivity index is 1.34. The third-order valence-electron chi connectivity index (χ3n) is 3.90. The van der Waals surface area contributed by atoms with Gasteiger partial charge in [-0.25, -0.2) is 0 Å². The smallest absolute Gasteiger partial charge is 0.191 e. The van der Waals surface area contributed by atoms with Gasteiger partial charge in [-0.3, -0.25) is 9.39 Å². The summed E-state index contributed by atoms with van der Waals surface area (Å²) in [4.78, 5) is 4.24. The summed E-state index contributed by atoms with van der Waals surface area (Å²) in [6.07, 6.45) is 3.93. The lowest BCUT2D eigenvalue weighted by Crippen LogP contribution is -2.37. The molecule has 0 atom stereocenters. The minimum absolute atomic E-state index is 0.558. The molecule has 0 bridgehead atoms. The van der Waals surface area contributed by atoms with Crippen molar-refractivity contribution in [2.24, 2.45) is 4.99 Å². The highest BCUT2D eigenvalue weighted by Gasteiger charge is 2.05. The van der Waals surface area contributed by atoms with Crippen molar-refractivity contribution >= 4 is 11.6 Å². The van der Waals surface area contributed by atoms with Crippen LogP contribution in [0.5, 0.6) is 5.75 Å². The third-order valence-corrected chi connectivity index (χ3v) is 3.90. The predicted molar refractivity (Wildman–Crippen MR) is 102 cm³/mol. The summed E-state index contributed by atoms with van der Waals surface area (Å²) in [6.45, 7) is 2.10. The Labute approximate surface area is 153 Å². The number of nitrogens with zero attached hydrogens (tertiary/aromatic N) is 4. The summed E-state index contributed by atoms with van der Waals surface area (Å²) in [7, 11) is 1.76. The number of hydrogen-bond donors (Lipinski definition) is 2. The molecule has 0 radical (unpaired) electrons. The summed E-state index contributed by atoms with van der Waals surface area (Å²) < 4.78 is 7.64. The van der Waals surface area contributed by atoms with Gasteiger partial charge in [0.05, 0.1) is 13.2 Å². The standard InChI is InChI=1S/C19H24N6O/c1-20-19(21-12-6-8-14-26-16-9-3-2-4-10-16)22-15-18-24-23-17-11-5-7-13-25(17)18/h2-5,7,9-11,13H,6,8,12,14-15H2,1H3,(H2,20,21,22). The van der Waals surface area contributed by atoms with Gasteiger partial charge in [-0.1, -0.05) is 24.3 Å². The summed E-state index contributed by atoms with van der Waals surface area (Å²) in [5, 5.41) is 14.9. The number of ether oxygens (including phenoxy) is 1. The van der Waals surface area contributed by atoms with Gasteiger partial charge >= 0.3 is 0 Å². The van der Waals surface area contributed by atoms with Crippen molar-refractivity contribution in [3.63, 3.8) is 0 Å². The van der Waals surface area contributed by atoms with E-state index in [0.29, 0.717) is 13.2 Å². The highest BCUT2D eigenvalue weighted by atomic mass is 16.5. The Morgan fingerprint density at radius 3 is 2.73 bits per heavy atom. The quantitative estimate of drug-likeness (QED) is 0.369. The van der Waals surface area contributed by atoms with Crippen LogP contribution in [0, 0.1) is 0 Å². The van der Waals surface area contributed by atoms with Gasteiger partial charge < -0.3 is 15.4 Å². The van der Waals surface area contributed by atoms with E-state index in [0.717, 1.165) is 42.6 Å². The average Bonchev–Trinajstić information content (AvgIpc) is 3.11. The number of aliphatic imine (C=N–C) groups is 1. The van der Waals surface area contributed by atoms with Crippen molar-refractivity contribution in [3.8, 4) is 5.75 Å². The SMILES string of the molecule is CN=C(NCCCCOc1ccccc1)NCc1nnc2ccccn12. The minimum Gasteiger partial charge on any atom is -0.494 e. The van der Waals surface area contributed by atoms with E-state index in [1.165, 1.54) is 0 Å². The molecule has 0 unspecified atom stereocenters. The van der Waals surface area contributed by atoms with Gasteiger partial charge in [0.1, 0.15) is 5.75 Å². The zero-order chi connectivity index (χ0) is 18.0. The monoisotopic (exact) mass is 352 g/mol. The van der Waals surface area contributed by atoms with E-state index in [4.69, 9.17) is 4.74 Å². The number of aromatic nitrogens is 3. The van der Waals surface area contributed by atoms with Gasteiger partial charge in [-0.05, 0) is 37.1 Å². The molecule has 7 heteroatoms. The van der Waals surface area contributed by atoms with Crippen LogP contribution in [0.3, 0.4) is 0 Å². The second kappa shape index (κ2) is 9.41. The van der Waals surface area contributed by atoms with Gasteiger partial charge in [0, 0.05) is 19.8 Å². The van der Waals surface area contributed by atoms with Gasteiger partial charge in [-0.15, -0.1) is 10.2 Å². The topological polar surface area (TPSA) is 75.8 Å². The molecule has 0 spiro atoms. The molecule has 0 aliphatic carbocycles. The predicted octanol–water partition coefficient (Wildman–Crippen LogP) is 2.25. The van der Waals surface area contributed by atoms with Crippen molar-refractivity contribution in [2.45, 2.75) is 19.4 Å². The molecule has 0 saturated heterocycles. The van der Waals surface area contributed by atoms with Crippen molar-refractivity contribution in [3.05, 3.63) is 60.6 Å². The molecular weight excluding hydrogens is 328 g/mol. The van der Waals surface area contributed by atoms with E-state index in [2.05, 4.69) is 25.8 Å². The van der Waals surface area contributed by atoms with E-state index in [-0.39, 0.29) is 0 Å². The Kier molecular flexibility index (Phi) is 6.41. The number of rotatable bonds is 8. The fraction of sp³-hybridized carbons (Fsp3) is 0.316. The zero-order valence-electron chi connectivity index (χ0n) is 14.9. The Bertz CT molecular complexity index is 830. The van der Waals surface area contributed by atoms with Crippen LogP contribution in [0.2, 0.25) is 0 Å². The van der Waals surface area contributed by atoms with Crippen molar-refractivity contribution in [1.82, 2.24) is 25.2 Å². The maximum absolute atomic E-state index is 5.69. The fourth-order valence-electron chi connectivity index (χ4n) is 2.54. The van der Waals surface area contributed by atoms with Crippen LogP contribution in [0.1, 0.15) is 18.7 Å². The molecule has 136 valence electrons. The molecule has 0 amide bonds. The largest absolute Gasteiger partial charge is 0.494 e. The van der Waals surface area contributed by atoms with Crippen molar-refractivity contribution in [2.75, 3.05) is 20.2 Å². The zero-order valence-corrected chi connectivity index (χ0v) is 14.9. The second-order valence-electron chi connectivity index (χ2n) is 5.77. The Morgan fingerprint density at radius 2 is 1.88 bits per heavy atom. The van der Waals surface area contributed by atoms with Crippen LogP contribution in [0.4, 0.5) is 0 Å². The Hall–Kier alpha value is -3.09. The summed E-state index contributed by atoms with van der Waals surface area (Å²) >= 11 is 0. The fourth-order valence-corrected chi connectivity index (χ4v) is 2.54. The normalized spacial score (nSPS) is 11.5. The van der Waals surface area contributed by atoms with E-state index < -0.39 is 0 Å². The molecule has 3 rings (SSSR count). The molecule has 0 fully saturated rings. The molecule has 7 nitrogen and oxygen atoms in total. The average molecular weight is 352 g/mol. The Morgan fingerprint density at radius 1 is 1.04 bits per heavy atom. The molecule has 0 aliphatic rings. The lowest BCUT2D eigenvalue weighted by molar-refractivity contribution is 0.307. The van der Waals surface area contributed by atoms with Gasteiger partial charge in [0.15, 0.2) is 17.4 Å². The van der Waals surface area contributed by atoms with Crippen LogP contribution < -0.4 is 15.4 Å². The van der Waals surface area contributed by atoms with E-state index >= 15 is 0 Å². The summed E-state index contributed by atoms with van der Waals surface area (Å²) in [5.74, 6) is 2.51. The third kappa shape index (κ3) is 4.95. The molecule has 2 aromatic heterocycles. The van der Waals surface area contributed by atoms with Crippen LogP contribution in [-0.4, -0.2) is 40.8 Å². The lowest BCUT2D eigenvalue weighted by Gasteiger charge is -2.11. The van der Waals surface area contributed by atoms with E-state index in [1.807, 2.05) is 59.1 Å². The number of guanidine groups is 1. The first-order valence-corrected chi connectivity index (χ1v) is 8.78. The minimum atomic E-state index is 0.558.